The van der Waals surface area contributed by atoms with Gasteiger partial charge in [-0.05, 0) is 31.0 Å². The first-order valence-corrected chi connectivity index (χ1v) is 7.36. The summed E-state index contributed by atoms with van der Waals surface area (Å²) >= 11 is 3.35. The van der Waals surface area contributed by atoms with Crippen LogP contribution in [-0.2, 0) is 9.59 Å². The molecule has 0 radical (unpaired) electrons. The third-order valence-corrected chi connectivity index (χ3v) is 4.49. The number of hydrogen-bond donors (Lipinski definition) is 2. The molecule has 6 heteroatoms. The molecule has 0 saturated carbocycles. The van der Waals surface area contributed by atoms with Crippen LogP contribution in [0.4, 0.5) is 11.4 Å². The van der Waals surface area contributed by atoms with Gasteiger partial charge in [-0.2, -0.15) is 0 Å². The molecule has 1 aromatic carbocycles. The molecule has 1 heterocycles. The van der Waals surface area contributed by atoms with E-state index in [0.29, 0.717) is 17.1 Å². The summed E-state index contributed by atoms with van der Waals surface area (Å²) in [5.74, 6) is 0.490. The zero-order valence-corrected chi connectivity index (χ0v) is 13.2. The Morgan fingerprint density at radius 1 is 1.45 bits per heavy atom. The van der Waals surface area contributed by atoms with Crippen LogP contribution in [-0.4, -0.2) is 22.7 Å². The highest BCUT2D eigenvalue weighted by molar-refractivity contribution is 9.10. The number of carbonyl (C=O) groups excluding carboxylic acids is 2. The predicted molar refractivity (Wildman–Crippen MR) is 81.3 cm³/mol. The average Bonchev–Trinajstić information content (AvgIpc) is 2.39. The molecule has 0 saturated heterocycles. The quantitative estimate of drug-likeness (QED) is 0.831. The highest BCUT2D eigenvalue weighted by Gasteiger charge is 2.24. The number of carbonyl (C=O) groups is 2. The third-order valence-electron chi connectivity index (χ3n) is 3.01. The van der Waals surface area contributed by atoms with Gasteiger partial charge in [-0.25, -0.2) is 0 Å². The molecule has 2 unspecified atom stereocenters. The molecule has 0 aromatic heterocycles. The Balaban J connectivity index is 2.14. The average molecular weight is 341 g/mol. The van der Waals surface area contributed by atoms with Crippen molar-refractivity contribution in [2.24, 2.45) is 5.92 Å². The summed E-state index contributed by atoms with van der Waals surface area (Å²) in [7, 11) is 0. The predicted octanol–water partition coefficient (Wildman–Crippen LogP) is 2.76. The summed E-state index contributed by atoms with van der Waals surface area (Å²) in [5, 5.41) is 5.55. The molecule has 0 bridgehead atoms. The van der Waals surface area contributed by atoms with Gasteiger partial charge in [0.05, 0.1) is 10.5 Å². The fraction of sp³-hybridized carbons (Fsp3) is 0.429. The van der Waals surface area contributed by atoms with E-state index in [4.69, 9.17) is 4.74 Å². The molecule has 108 valence electrons. The molecule has 0 fully saturated rings. The summed E-state index contributed by atoms with van der Waals surface area (Å²) in [5.41, 5.74) is 1.19. The van der Waals surface area contributed by atoms with Gasteiger partial charge in [0.2, 0.25) is 5.91 Å². The lowest BCUT2D eigenvalue weighted by Gasteiger charge is -2.24. The Labute approximate surface area is 126 Å². The molecule has 2 N–H and O–H groups in total. The monoisotopic (exact) mass is 340 g/mol. The maximum absolute atomic E-state index is 12.0. The van der Waals surface area contributed by atoms with E-state index >= 15 is 0 Å². The van der Waals surface area contributed by atoms with Gasteiger partial charge in [0.1, 0.15) is 5.75 Å². The molecular weight excluding hydrogens is 324 g/mol. The van der Waals surface area contributed by atoms with E-state index in [1.54, 1.807) is 25.1 Å². The van der Waals surface area contributed by atoms with Crippen LogP contribution >= 0.6 is 15.9 Å². The van der Waals surface area contributed by atoms with Crippen molar-refractivity contribution in [3.05, 3.63) is 18.2 Å². The van der Waals surface area contributed by atoms with Crippen molar-refractivity contribution in [2.45, 2.75) is 31.7 Å². The number of rotatable bonds is 3. The van der Waals surface area contributed by atoms with Gasteiger partial charge in [0, 0.05) is 5.69 Å². The molecule has 0 aliphatic carbocycles. The first kappa shape index (κ1) is 14.8. The second-order valence-corrected chi connectivity index (χ2v) is 6.08. The smallest absolute Gasteiger partial charge is 0.265 e. The first-order valence-electron chi connectivity index (χ1n) is 6.45. The standard InChI is InChI=1S/C14H17BrN2O3/c1-7(2)12(15)14(19)16-9-4-5-11-10(6-9)17-13(18)8(3)20-11/h4-8,12H,1-3H3,(H,16,19)(H,17,18). The van der Waals surface area contributed by atoms with Crippen LogP contribution < -0.4 is 15.4 Å². The molecule has 1 aliphatic rings. The fourth-order valence-corrected chi connectivity index (χ4v) is 1.91. The van der Waals surface area contributed by atoms with Crippen LogP contribution in [0.1, 0.15) is 20.8 Å². The van der Waals surface area contributed by atoms with E-state index in [1.807, 2.05) is 13.8 Å². The topological polar surface area (TPSA) is 67.4 Å². The van der Waals surface area contributed by atoms with Crippen molar-refractivity contribution >= 4 is 39.1 Å². The van der Waals surface area contributed by atoms with Gasteiger partial charge in [0.25, 0.3) is 5.91 Å². The summed E-state index contributed by atoms with van der Waals surface area (Å²) in [6.07, 6.45) is -0.504. The van der Waals surface area contributed by atoms with Crippen LogP contribution in [0.3, 0.4) is 0 Å². The van der Waals surface area contributed by atoms with E-state index in [9.17, 15) is 9.59 Å². The molecule has 1 aliphatic heterocycles. The minimum Gasteiger partial charge on any atom is -0.479 e. The number of ether oxygens (including phenoxy) is 1. The van der Waals surface area contributed by atoms with Gasteiger partial charge in [-0.15, -0.1) is 0 Å². The van der Waals surface area contributed by atoms with Gasteiger partial charge in [-0.1, -0.05) is 29.8 Å². The van der Waals surface area contributed by atoms with Crippen molar-refractivity contribution in [1.82, 2.24) is 0 Å². The van der Waals surface area contributed by atoms with Crippen molar-refractivity contribution in [3.8, 4) is 5.75 Å². The number of anilines is 2. The van der Waals surface area contributed by atoms with E-state index in [0.717, 1.165) is 0 Å². The number of benzene rings is 1. The Kier molecular flexibility index (Phi) is 4.32. The van der Waals surface area contributed by atoms with Crippen LogP contribution in [0.2, 0.25) is 0 Å². The van der Waals surface area contributed by atoms with Crippen LogP contribution in [0.25, 0.3) is 0 Å². The number of alkyl halides is 1. The van der Waals surface area contributed by atoms with Gasteiger partial charge in [0.15, 0.2) is 6.10 Å². The third kappa shape index (κ3) is 3.12. The largest absolute Gasteiger partial charge is 0.479 e. The van der Waals surface area contributed by atoms with Crippen LogP contribution in [0.15, 0.2) is 18.2 Å². The fourth-order valence-electron chi connectivity index (χ4n) is 1.80. The van der Waals surface area contributed by atoms with E-state index in [1.165, 1.54) is 0 Å². The zero-order chi connectivity index (χ0) is 14.9. The highest BCUT2D eigenvalue weighted by Crippen LogP contribution is 2.32. The molecular formula is C14H17BrN2O3. The number of fused-ring (bicyclic) bond motifs is 1. The molecule has 5 nitrogen and oxygen atoms in total. The van der Waals surface area contributed by atoms with Gasteiger partial charge >= 0.3 is 0 Å². The second kappa shape index (κ2) is 5.83. The minimum absolute atomic E-state index is 0.114. The van der Waals surface area contributed by atoms with Gasteiger partial charge < -0.3 is 15.4 Å². The van der Waals surface area contributed by atoms with E-state index in [2.05, 4.69) is 26.6 Å². The Morgan fingerprint density at radius 2 is 2.15 bits per heavy atom. The Morgan fingerprint density at radius 3 is 2.80 bits per heavy atom. The summed E-state index contributed by atoms with van der Waals surface area (Å²) in [6.45, 7) is 5.61. The number of halogens is 1. The van der Waals surface area contributed by atoms with Gasteiger partial charge in [-0.3, -0.25) is 9.59 Å². The lowest BCUT2D eigenvalue weighted by Crippen LogP contribution is -2.34. The number of amides is 2. The van der Waals surface area contributed by atoms with E-state index in [-0.39, 0.29) is 22.6 Å². The molecule has 2 atom stereocenters. The normalized spacial score (nSPS) is 18.9. The summed E-state index contributed by atoms with van der Waals surface area (Å²) in [4.78, 5) is 23.3. The van der Waals surface area contributed by atoms with Crippen molar-refractivity contribution in [3.63, 3.8) is 0 Å². The molecule has 2 amide bonds. The second-order valence-electron chi connectivity index (χ2n) is 5.10. The lowest BCUT2D eigenvalue weighted by atomic mass is 10.1. The Hall–Kier alpha value is -1.56. The number of nitrogens with one attached hydrogen (secondary N) is 2. The molecule has 1 aromatic rings. The lowest BCUT2D eigenvalue weighted by molar-refractivity contribution is -0.122. The zero-order valence-electron chi connectivity index (χ0n) is 11.6. The Bertz CT molecular complexity index is 545. The summed E-state index contributed by atoms with van der Waals surface area (Å²) in [6, 6.07) is 5.18. The van der Waals surface area contributed by atoms with Crippen molar-refractivity contribution < 1.29 is 14.3 Å². The molecule has 2 rings (SSSR count). The maximum Gasteiger partial charge on any atom is 0.265 e. The van der Waals surface area contributed by atoms with Crippen LogP contribution in [0.5, 0.6) is 5.75 Å². The molecule has 20 heavy (non-hydrogen) atoms. The van der Waals surface area contributed by atoms with Crippen LogP contribution in [0, 0.1) is 5.92 Å². The number of hydrogen-bond acceptors (Lipinski definition) is 3. The SMILES string of the molecule is CC1Oc2ccc(NC(=O)C(Br)C(C)C)cc2NC1=O. The first-order chi connectivity index (χ1) is 9.38. The van der Waals surface area contributed by atoms with Crippen molar-refractivity contribution in [2.75, 3.05) is 10.6 Å². The minimum atomic E-state index is -0.504. The summed E-state index contributed by atoms with van der Waals surface area (Å²) < 4.78 is 5.46. The molecule has 0 spiro atoms. The van der Waals surface area contributed by atoms with E-state index < -0.39 is 6.10 Å². The van der Waals surface area contributed by atoms with Crippen molar-refractivity contribution in [1.29, 1.82) is 0 Å². The maximum atomic E-state index is 12.0. The highest BCUT2D eigenvalue weighted by atomic mass is 79.9.